The van der Waals surface area contributed by atoms with Crippen LogP contribution in [-0.4, -0.2) is 31.5 Å². The topological polar surface area (TPSA) is 42.5 Å². The van der Waals surface area contributed by atoms with Gasteiger partial charge in [-0.3, -0.25) is 0 Å². The molecule has 0 spiro atoms. The first-order valence-electron chi connectivity index (χ1n) is 7.40. The Morgan fingerprint density at radius 1 is 1.29 bits per heavy atom. The van der Waals surface area contributed by atoms with Crippen molar-refractivity contribution in [1.82, 2.24) is 5.32 Å². The summed E-state index contributed by atoms with van der Waals surface area (Å²) in [6.07, 6.45) is 5.78. The van der Waals surface area contributed by atoms with Gasteiger partial charge in [-0.05, 0) is 43.6 Å². The molecule has 1 aromatic carbocycles. The van der Waals surface area contributed by atoms with Crippen LogP contribution in [0.25, 0.3) is 0 Å². The molecule has 1 aliphatic rings. The highest BCUT2D eigenvalue weighted by atomic mass is 32.1. The summed E-state index contributed by atoms with van der Waals surface area (Å²) in [7, 11) is 3.41. The Balaban J connectivity index is 1.95. The van der Waals surface area contributed by atoms with Gasteiger partial charge in [0.05, 0.1) is 7.11 Å². The molecule has 0 bridgehead atoms. The van der Waals surface area contributed by atoms with Crippen molar-refractivity contribution in [3.63, 3.8) is 0 Å². The van der Waals surface area contributed by atoms with Gasteiger partial charge in [0.25, 0.3) is 0 Å². The highest BCUT2D eigenvalue weighted by molar-refractivity contribution is 7.80. The summed E-state index contributed by atoms with van der Waals surface area (Å²) >= 11 is 5.47. The molecule has 0 heterocycles. The molecule has 0 unspecified atom stereocenters. The third-order valence-electron chi connectivity index (χ3n) is 4.05. The van der Waals surface area contributed by atoms with Crippen LogP contribution in [0, 0.1) is 0 Å². The van der Waals surface area contributed by atoms with E-state index < -0.39 is 0 Å². The molecule has 21 heavy (non-hydrogen) atoms. The number of hydrogen-bond acceptors (Lipinski definition) is 3. The van der Waals surface area contributed by atoms with Gasteiger partial charge in [-0.25, -0.2) is 0 Å². The summed E-state index contributed by atoms with van der Waals surface area (Å²) in [5.41, 5.74) is 1.02. The van der Waals surface area contributed by atoms with Crippen molar-refractivity contribution in [2.75, 3.05) is 26.1 Å². The number of thiocarbonyl (C=S) groups is 1. The zero-order chi connectivity index (χ0) is 15.1. The molecule has 1 fully saturated rings. The Morgan fingerprint density at radius 3 is 2.71 bits per heavy atom. The SMILES string of the molecule is COCCC1(NC(=S)Nc2cccc(OC)c2)CCCC1. The van der Waals surface area contributed by atoms with Gasteiger partial charge < -0.3 is 20.1 Å². The van der Waals surface area contributed by atoms with Crippen LogP contribution in [0.5, 0.6) is 5.75 Å². The Hall–Kier alpha value is -1.33. The summed E-state index contributed by atoms with van der Waals surface area (Å²) in [4.78, 5) is 0. The third-order valence-corrected chi connectivity index (χ3v) is 4.26. The molecule has 1 aliphatic carbocycles. The van der Waals surface area contributed by atoms with E-state index in [1.165, 1.54) is 12.8 Å². The molecule has 0 aromatic heterocycles. The molecule has 1 aromatic rings. The predicted octanol–water partition coefficient (Wildman–Crippen LogP) is 3.33. The van der Waals surface area contributed by atoms with Crippen molar-refractivity contribution in [2.45, 2.75) is 37.6 Å². The molecular formula is C16H24N2O2S. The second-order valence-corrected chi connectivity index (χ2v) is 5.95. The maximum absolute atomic E-state index is 5.47. The molecule has 0 saturated heterocycles. The van der Waals surface area contributed by atoms with Crippen LogP contribution >= 0.6 is 12.2 Å². The average molecular weight is 308 g/mol. The lowest BCUT2D eigenvalue weighted by Crippen LogP contribution is -2.48. The Morgan fingerprint density at radius 2 is 2.05 bits per heavy atom. The van der Waals surface area contributed by atoms with Crippen LogP contribution in [0.3, 0.4) is 0 Å². The van der Waals surface area contributed by atoms with Crippen molar-refractivity contribution in [1.29, 1.82) is 0 Å². The van der Waals surface area contributed by atoms with Crippen LogP contribution in [0.4, 0.5) is 5.69 Å². The van der Waals surface area contributed by atoms with Gasteiger partial charge in [0.15, 0.2) is 5.11 Å². The molecule has 5 heteroatoms. The number of benzene rings is 1. The van der Waals surface area contributed by atoms with E-state index in [0.29, 0.717) is 5.11 Å². The maximum atomic E-state index is 5.47. The summed E-state index contributed by atoms with van der Waals surface area (Å²) < 4.78 is 10.5. The van der Waals surface area contributed by atoms with E-state index in [4.69, 9.17) is 21.7 Å². The van der Waals surface area contributed by atoms with E-state index in [1.54, 1.807) is 14.2 Å². The lowest BCUT2D eigenvalue weighted by molar-refractivity contribution is 0.163. The summed E-state index contributed by atoms with van der Waals surface area (Å²) in [6, 6.07) is 7.77. The number of anilines is 1. The summed E-state index contributed by atoms with van der Waals surface area (Å²) in [5, 5.41) is 7.42. The minimum Gasteiger partial charge on any atom is -0.497 e. The Bertz CT molecular complexity index is 473. The largest absolute Gasteiger partial charge is 0.497 e. The molecule has 0 radical (unpaired) electrons. The zero-order valence-corrected chi connectivity index (χ0v) is 13.6. The van der Waals surface area contributed by atoms with Gasteiger partial charge in [0.2, 0.25) is 0 Å². The molecular weight excluding hydrogens is 284 g/mol. The Labute approximate surface area is 132 Å². The average Bonchev–Trinajstić information content (AvgIpc) is 2.94. The monoisotopic (exact) mass is 308 g/mol. The molecule has 1 saturated carbocycles. The first-order valence-corrected chi connectivity index (χ1v) is 7.80. The van der Waals surface area contributed by atoms with Crippen LogP contribution in [0.2, 0.25) is 0 Å². The second-order valence-electron chi connectivity index (χ2n) is 5.54. The molecule has 116 valence electrons. The normalized spacial score (nSPS) is 16.5. The van der Waals surface area contributed by atoms with E-state index in [2.05, 4.69) is 10.6 Å². The smallest absolute Gasteiger partial charge is 0.171 e. The molecule has 0 atom stereocenters. The van der Waals surface area contributed by atoms with Crippen molar-refractivity contribution >= 4 is 23.0 Å². The van der Waals surface area contributed by atoms with Crippen molar-refractivity contribution in [2.24, 2.45) is 0 Å². The molecule has 4 nitrogen and oxygen atoms in total. The van der Waals surface area contributed by atoms with Crippen molar-refractivity contribution in [3.05, 3.63) is 24.3 Å². The number of nitrogens with one attached hydrogen (secondary N) is 2. The minimum atomic E-state index is 0.0823. The fraction of sp³-hybridized carbons (Fsp3) is 0.562. The third kappa shape index (κ3) is 4.58. The van der Waals surface area contributed by atoms with E-state index in [9.17, 15) is 0 Å². The number of hydrogen-bond donors (Lipinski definition) is 2. The van der Waals surface area contributed by atoms with Crippen molar-refractivity contribution in [3.8, 4) is 5.75 Å². The highest BCUT2D eigenvalue weighted by Crippen LogP contribution is 2.32. The molecule has 2 rings (SSSR count). The van der Waals surface area contributed by atoms with Gasteiger partial charge in [0, 0.05) is 31.0 Å². The zero-order valence-electron chi connectivity index (χ0n) is 12.8. The maximum Gasteiger partial charge on any atom is 0.171 e. The van der Waals surface area contributed by atoms with E-state index in [0.717, 1.165) is 37.3 Å². The van der Waals surface area contributed by atoms with Gasteiger partial charge in [0.1, 0.15) is 5.75 Å². The lowest BCUT2D eigenvalue weighted by atomic mass is 9.94. The van der Waals surface area contributed by atoms with Gasteiger partial charge in [-0.1, -0.05) is 18.9 Å². The molecule has 2 N–H and O–H groups in total. The fourth-order valence-corrected chi connectivity index (χ4v) is 3.23. The van der Waals surface area contributed by atoms with Gasteiger partial charge in [-0.2, -0.15) is 0 Å². The number of rotatable bonds is 6. The quantitative estimate of drug-likeness (QED) is 0.789. The number of ether oxygens (including phenoxy) is 2. The predicted molar refractivity (Wildman–Crippen MR) is 90.0 cm³/mol. The second kappa shape index (κ2) is 7.61. The summed E-state index contributed by atoms with van der Waals surface area (Å²) in [5.74, 6) is 0.817. The minimum absolute atomic E-state index is 0.0823. The summed E-state index contributed by atoms with van der Waals surface area (Å²) in [6.45, 7) is 0.759. The number of methoxy groups -OCH3 is 2. The van der Waals surface area contributed by atoms with Gasteiger partial charge >= 0.3 is 0 Å². The van der Waals surface area contributed by atoms with Crippen LogP contribution in [0.15, 0.2) is 24.3 Å². The molecule has 0 amide bonds. The van der Waals surface area contributed by atoms with Crippen LogP contribution < -0.4 is 15.4 Å². The van der Waals surface area contributed by atoms with E-state index in [1.807, 2.05) is 24.3 Å². The van der Waals surface area contributed by atoms with Crippen LogP contribution in [-0.2, 0) is 4.74 Å². The highest BCUT2D eigenvalue weighted by Gasteiger charge is 2.33. The van der Waals surface area contributed by atoms with E-state index in [-0.39, 0.29) is 5.54 Å². The van der Waals surface area contributed by atoms with Crippen molar-refractivity contribution < 1.29 is 9.47 Å². The fourth-order valence-electron chi connectivity index (χ4n) is 2.89. The molecule has 0 aliphatic heterocycles. The van der Waals surface area contributed by atoms with Gasteiger partial charge in [-0.15, -0.1) is 0 Å². The standard InChI is InChI=1S/C16H24N2O2S/c1-19-11-10-16(8-3-4-9-16)18-15(21)17-13-6-5-7-14(12-13)20-2/h5-7,12H,3-4,8-11H2,1-2H3,(H2,17,18,21). The lowest BCUT2D eigenvalue weighted by Gasteiger charge is -2.31. The first-order chi connectivity index (χ1) is 10.2. The first kappa shape index (κ1) is 16.0. The van der Waals surface area contributed by atoms with E-state index >= 15 is 0 Å². The Kier molecular flexibility index (Phi) is 5.82. The van der Waals surface area contributed by atoms with Crippen LogP contribution in [0.1, 0.15) is 32.1 Å².